The molecule has 174 valence electrons. The second-order valence-corrected chi connectivity index (χ2v) is 9.73. The van der Waals surface area contributed by atoms with E-state index in [0.29, 0.717) is 12.1 Å². The Kier molecular flexibility index (Phi) is 6.35. The van der Waals surface area contributed by atoms with Crippen LogP contribution in [0.1, 0.15) is 49.4 Å². The van der Waals surface area contributed by atoms with Gasteiger partial charge < -0.3 is 14.0 Å². The Morgan fingerprint density at radius 3 is 2.45 bits per heavy atom. The van der Waals surface area contributed by atoms with Crippen LogP contribution in [0.5, 0.6) is 11.5 Å². The van der Waals surface area contributed by atoms with E-state index in [4.69, 9.17) is 21.1 Å². The summed E-state index contributed by atoms with van der Waals surface area (Å²) in [5.41, 5.74) is 1.78. The largest absolute Gasteiger partial charge is 0.495 e. The number of aromatic nitrogens is 1. The third-order valence-corrected chi connectivity index (χ3v) is 7.49. The number of hydrogen-bond acceptors (Lipinski definition) is 4. The van der Waals surface area contributed by atoms with Gasteiger partial charge in [-0.15, -0.1) is 0 Å². The number of Topliss-reactive ketones (excluding diaryl/α,β-unsaturated/α-hetero) is 1. The highest BCUT2D eigenvalue weighted by molar-refractivity contribution is 6.30. The van der Waals surface area contributed by atoms with Gasteiger partial charge in [-0.05, 0) is 69.4 Å². The van der Waals surface area contributed by atoms with E-state index in [9.17, 15) is 4.79 Å². The molecule has 0 radical (unpaired) electrons. The first-order valence-electron chi connectivity index (χ1n) is 11.9. The molecule has 2 aliphatic heterocycles. The fourth-order valence-corrected chi connectivity index (χ4v) is 5.89. The number of rotatable bonds is 8. The molecule has 0 amide bonds. The van der Waals surface area contributed by atoms with E-state index in [-0.39, 0.29) is 11.9 Å². The van der Waals surface area contributed by atoms with Crippen molar-refractivity contribution in [3.63, 3.8) is 0 Å². The molecular formula is C27H31ClN2O3. The highest BCUT2D eigenvalue weighted by Crippen LogP contribution is 2.38. The number of nitrogens with zero attached hydrogens (tertiary/aromatic N) is 2. The smallest absolute Gasteiger partial charge is 0.161 e. The van der Waals surface area contributed by atoms with E-state index < -0.39 is 0 Å². The van der Waals surface area contributed by atoms with Gasteiger partial charge in [0.05, 0.1) is 12.6 Å². The lowest BCUT2D eigenvalue weighted by Crippen LogP contribution is -2.46. The van der Waals surface area contributed by atoms with Gasteiger partial charge in [0.2, 0.25) is 0 Å². The molecule has 3 atom stereocenters. The molecule has 0 spiro atoms. The van der Waals surface area contributed by atoms with Crippen molar-refractivity contribution in [2.45, 2.75) is 63.8 Å². The molecule has 2 bridgehead atoms. The summed E-state index contributed by atoms with van der Waals surface area (Å²) in [6.45, 7) is 3.56. The number of piperidine rings is 1. The lowest BCUT2D eigenvalue weighted by Gasteiger charge is -2.39. The van der Waals surface area contributed by atoms with Crippen molar-refractivity contribution in [3.05, 3.63) is 59.2 Å². The minimum Gasteiger partial charge on any atom is -0.495 e. The Morgan fingerprint density at radius 1 is 1.06 bits per heavy atom. The minimum absolute atomic E-state index is 0.0906. The summed E-state index contributed by atoms with van der Waals surface area (Å²) in [5, 5.41) is 1.71. The molecule has 2 fully saturated rings. The van der Waals surface area contributed by atoms with Gasteiger partial charge in [0.1, 0.15) is 17.6 Å². The first-order chi connectivity index (χ1) is 16.0. The molecule has 0 aliphatic carbocycles. The third-order valence-electron chi connectivity index (χ3n) is 7.23. The number of carbonyl (C=O) groups excluding carboxylic acids is 1. The molecule has 2 saturated heterocycles. The molecule has 5 nitrogen and oxygen atoms in total. The zero-order valence-corrected chi connectivity index (χ0v) is 20.1. The second-order valence-electron chi connectivity index (χ2n) is 9.29. The van der Waals surface area contributed by atoms with Gasteiger partial charge >= 0.3 is 0 Å². The fourth-order valence-electron chi connectivity index (χ4n) is 5.76. The van der Waals surface area contributed by atoms with Gasteiger partial charge in [0, 0.05) is 47.3 Å². The predicted octanol–water partition coefficient (Wildman–Crippen LogP) is 5.97. The number of hydrogen-bond donors (Lipinski definition) is 0. The van der Waals surface area contributed by atoms with Crippen LogP contribution in [-0.4, -0.2) is 47.1 Å². The maximum atomic E-state index is 12.2. The summed E-state index contributed by atoms with van der Waals surface area (Å²) in [4.78, 5) is 14.9. The van der Waals surface area contributed by atoms with Crippen LogP contribution in [0.3, 0.4) is 0 Å². The zero-order valence-electron chi connectivity index (χ0n) is 19.3. The highest BCUT2D eigenvalue weighted by atomic mass is 35.5. The molecule has 3 heterocycles. The highest BCUT2D eigenvalue weighted by Gasteiger charge is 2.41. The van der Waals surface area contributed by atoms with Crippen LogP contribution in [0.25, 0.3) is 10.9 Å². The van der Waals surface area contributed by atoms with Crippen molar-refractivity contribution in [1.29, 1.82) is 0 Å². The lowest BCUT2D eigenvalue weighted by atomic mass is 9.99. The first-order valence-corrected chi connectivity index (χ1v) is 12.3. The van der Waals surface area contributed by atoms with Crippen LogP contribution in [0.15, 0.2) is 48.7 Å². The quantitative estimate of drug-likeness (QED) is 0.383. The Bertz CT molecular complexity index is 1130. The van der Waals surface area contributed by atoms with E-state index in [1.54, 1.807) is 14.0 Å². The summed E-state index contributed by atoms with van der Waals surface area (Å²) in [6, 6.07) is 14.8. The van der Waals surface area contributed by atoms with Crippen LogP contribution < -0.4 is 9.47 Å². The van der Waals surface area contributed by atoms with E-state index in [1.165, 1.54) is 12.8 Å². The van der Waals surface area contributed by atoms with Crippen LogP contribution in [0.2, 0.25) is 5.02 Å². The molecule has 0 N–H and O–H groups in total. The number of aryl methyl sites for hydroxylation is 1. The van der Waals surface area contributed by atoms with Crippen molar-refractivity contribution in [2.75, 3.05) is 13.7 Å². The molecule has 1 aromatic heterocycles. The van der Waals surface area contributed by atoms with E-state index in [0.717, 1.165) is 65.3 Å². The van der Waals surface area contributed by atoms with Crippen molar-refractivity contribution < 1.29 is 14.3 Å². The second kappa shape index (κ2) is 9.40. The van der Waals surface area contributed by atoms with Gasteiger partial charge in [-0.3, -0.25) is 9.69 Å². The van der Waals surface area contributed by atoms with Crippen LogP contribution in [0.4, 0.5) is 0 Å². The monoisotopic (exact) mass is 466 g/mol. The lowest BCUT2D eigenvalue weighted by molar-refractivity contribution is 0.0482. The first kappa shape index (κ1) is 22.3. The standard InChI is InChI=1S/C27H31ClN2O3/c1-18(31)25-17-29(27-24(25)5-3-6-26(27)32-2)13-4-14-30-20-9-10-21(30)16-23(15-20)33-22-11-7-19(28)8-12-22/h3,5-8,11-12,17,20-21,23H,4,9-10,13-16H2,1-2H3/t20-,21?,23?/m1/s1. The maximum Gasteiger partial charge on any atom is 0.161 e. The number of benzene rings is 2. The van der Waals surface area contributed by atoms with Gasteiger partial charge in [-0.25, -0.2) is 0 Å². The van der Waals surface area contributed by atoms with E-state index in [1.807, 2.05) is 48.7 Å². The summed E-state index contributed by atoms with van der Waals surface area (Å²) in [7, 11) is 1.69. The molecule has 5 rings (SSSR count). The zero-order chi connectivity index (χ0) is 22.9. The molecule has 2 aromatic carbocycles. The topological polar surface area (TPSA) is 43.7 Å². The number of fused-ring (bicyclic) bond motifs is 3. The van der Waals surface area contributed by atoms with E-state index in [2.05, 4.69) is 9.47 Å². The summed E-state index contributed by atoms with van der Waals surface area (Å²) < 4.78 is 14.1. The minimum atomic E-state index is 0.0906. The average molecular weight is 467 g/mol. The summed E-state index contributed by atoms with van der Waals surface area (Å²) in [6.07, 6.45) is 7.96. The Labute approximate surface area is 200 Å². The van der Waals surface area contributed by atoms with Gasteiger partial charge in [0.15, 0.2) is 5.78 Å². The number of ether oxygens (including phenoxy) is 2. The van der Waals surface area contributed by atoms with Crippen molar-refractivity contribution >= 4 is 28.3 Å². The number of para-hydroxylation sites is 1. The Hall–Kier alpha value is -2.50. The van der Waals surface area contributed by atoms with Crippen LogP contribution in [-0.2, 0) is 6.54 Å². The number of ketones is 1. The van der Waals surface area contributed by atoms with Crippen molar-refractivity contribution in [1.82, 2.24) is 9.47 Å². The summed E-state index contributed by atoms with van der Waals surface area (Å²) in [5.74, 6) is 1.82. The molecule has 6 heteroatoms. The Balaban J connectivity index is 1.23. The van der Waals surface area contributed by atoms with Gasteiger partial charge in [-0.1, -0.05) is 23.7 Å². The molecule has 2 unspecified atom stereocenters. The number of methoxy groups -OCH3 is 1. The van der Waals surface area contributed by atoms with Crippen molar-refractivity contribution in [2.24, 2.45) is 0 Å². The fraction of sp³-hybridized carbons (Fsp3) is 0.444. The van der Waals surface area contributed by atoms with Gasteiger partial charge in [-0.2, -0.15) is 0 Å². The third kappa shape index (κ3) is 4.49. The average Bonchev–Trinajstić information content (AvgIpc) is 3.29. The Morgan fingerprint density at radius 2 is 1.79 bits per heavy atom. The number of halogens is 1. The molecule has 0 saturated carbocycles. The van der Waals surface area contributed by atoms with Gasteiger partial charge in [0.25, 0.3) is 0 Å². The van der Waals surface area contributed by atoms with E-state index >= 15 is 0 Å². The SMILES string of the molecule is COc1cccc2c(C(C)=O)cn(CCCN3C4CC[C@@H]3CC(Oc3ccc(Cl)cc3)C4)c12. The summed E-state index contributed by atoms with van der Waals surface area (Å²) >= 11 is 6.00. The normalized spacial score (nSPS) is 22.6. The van der Waals surface area contributed by atoms with Crippen LogP contribution in [0, 0.1) is 0 Å². The van der Waals surface area contributed by atoms with Crippen LogP contribution >= 0.6 is 11.6 Å². The molecular weight excluding hydrogens is 436 g/mol. The molecule has 33 heavy (non-hydrogen) atoms. The number of carbonyl (C=O) groups is 1. The molecule has 2 aliphatic rings. The maximum absolute atomic E-state index is 12.2. The predicted molar refractivity (Wildman–Crippen MR) is 132 cm³/mol. The molecule has 3 aromatic rings. The van der Waals surface area contributed by atoms with Crippen molar-refractivity contribution in [3.8, 4) is 11.5 Å².